The number of anilines is 1. The first-order valence-electron chi connectivity index (χ1n) is 10.6. The van der Waals surface area contributed by atoms with Crippen molar-refractivity contribution in [2.24, 2.45) is 0 Å². The van der Waals surface area contributed by atoms with E-state index in [9.17, 15) is 9.59 Å². The van der Waals surface area contributed by atoms with E-state index in [1.807, 2.05) is 36.4 Å². The molecule has 0 saturated carbocycles. The monoisotopic (exact) mass is 417 g/mol. The molecule has 2 heterocycles. The second-order valence-electron chi connectivity index (χ2n) is 7.67. The Balaban J connectivity index is 1.32. The number of amides is 1. The van der Waals surface area contributed by atoms with Gasteiger partial charge in [-0.05, 0) is 31.2 Å². The maximum absolute atomic E-state index is 12.6. The van der Waals surface area contributed by atoms with E-state index in [4.69, 9.17) is 0 Å². The van der Waals surface area contributed by atoms with E-state index in [0.717, 1.165) is 38.4 Å². The van der Waals surface area contributed by atoms with Crippen molar-refractivity contribution in [1.82, 2.24) is 20.0 Å². The molecule has 1 saturated heterocycles. The van der Waals surface area contributed by atoms with Crippen molar-refractivity contribution in [3.8, 4) is 5.69 Å². The minimum atomic E-state index is -0.433. The molecule has 0 radical (unpaired) electrons. The number of nitrogens with one attached hydrogen (secondary N) is 1. The van der Waals surface area contributed by atoms with E-state index in [0.29, 0.717) is 12.2 Å². The van der Waals surface area contributed by atoms with Crippen molar-refractivity contribution in [3.63, 3.8) is 0 Å². The summed E-state index contributed by atoms with van der Waals surface area (Å²) in [6.07, 6.45) is 0. The highest BCUT2D eigenvalue weighted by Gasteiger charge is 2.18. The smallest absolute Gasteiger partial charge is 0.275 e. The van der Waals surface area contributed by atoms with E-state index in [-0.39, 0.29) is 11.1 Å². The van der Waals surface area contributed by atoms with E-state index >= 15 is 0 Å². The minimum absolute atomic E-state index is 0.0802. The summed E-state index contributed by atoms with van der Waals surface area (Å²) < 4.78 is 1.62. The van der Waals surface area contributed by atoms with Crippen LogP contribution in [0.15, 0.2) is 71.5 Å². The maximum atomic E-state index is 12.6. The number of benzene rings is 2. The molecule has 0 aliphatic carbocycles. The first kappa shape index (κ1) is 20.8. The third-order valence-corrected chi connectivity index (χ3v) is 5.53. The molecule has 0 atom stereocenters. The number of aryl methyl sites for hydroxylation is 1. The second kappa shape index (κ2) is 9.57. The number of piperazine rings is 1. The number of hydrogen-bond donors (Lipinski definition) is 1. The van der Waals surface area contributed by atoms with Gasteiger partial charge >= 0.3 is 0 Å². The molecule has 3 aromatic rings. The van der Waals surface area contributed by atoms with E-state index < -0.39 is 5.91 Å². The van der Waals surface area contributed by atoms with Crippen molar-refractivity contribution in [3.05, 3.63) is 88.3 Å². The molecular weight excluding hydrogens is 390 g/mol. The van der Waals surface area contributed by atoms with Crippen LogP contribution in [0.4, 0.5) is 5.69 Å². The topological polar surface area (TPSA) is 70.5 Å². The van der Waals surface area contributed by atoms with Gasteiger partial charge in [0.25, 0.3) is 5.91 Å². The summed E-state index contributed by atoms with van der Waals surface area (Å²) in [5.74, 6) is -0.433. The molecule has 4 rings (SSSR count). The lowest BCUT2D eigenvalue weighted by atomic mass is 10.2. The fraction of sp³-hybridized carbons (Fsp3) is 0.292. The number of hydrogen-bond acceptors (Lipinski definition) is 5. The summed E-state index contributed by atoms with van der Waals surface area (Å²) in [5, 5.41) is 7.18. The summed E-state index contributed by atoms with van der Waals surface area (Å²) in [5.41, 5.74) is 2.30. The zero-order chi connectivity index (χ0) is 21.6. The summed E-state index contributed by atoms with van der Waals surface area (Å²) in [4.78, 5) is 29.7. The molecule has 31 heavy (non-hydrogen) atoms. The van der Waals surface area contributed by atoms with Crippen LogP contribution in [-0.4, -0.2) is 59.9 Å². The molecule has 160 valence electrons. The first-order chi connectivity index (χ1) is 15.1. The van der Waals surface area contributed by atoms with Crippen molar-refractivity contribution in [1.29, 1.82) is 0 Å². The summed E-state index contributed by atoms with van der Waals surface area (Å²) in [6, 6.07) is 21.3. The SMILES string of the molecule is Cc1cc(=O)c(C(=O)NCCN2CCN(c3ccccc3)CC2)nn1-c1ccccc1. The Hall–Kier alpha value is -3.45. The van der Waals surface area contributed by atoms with Gasteiger partial charge in [0.2, 0.25) is 5.43 Å². The highest BCUT2D eigenvalue weighted by atomic mass is 16.2. The Morgan fingerprint density at radius 3 is 2.19 bits per heavy atom. The lowest BCUT2D eigenvalue weighted by Crippen LogP contribution is -2.48. The molecule has 1 amide bonds. The Morgan fingerprint density at radius 2 is 1.55 bits per heavy atom. The van der Waals surface area contributed by atoms with Crippen LogP contribution < -0.4 is 15.6 Å². The van der Waals surface area contributed by atoms with Crippen molar-refractivity contribution in [2.45, 2.75) is 6.92 Å². The Bertz CT molecular complexity index is 1070. The Morgan fingerprint density at radius 1 is 0.935 bits per heavy atom. The average Bonchev–Trinajstić information content (AvgIpc) is 2.81. The van der Waals surface area contributed by atoms with Gasteiger partial charge in [-0.25, -0.2) is 4.68 Å². The van der Waals surface area contributed by atoms with Crippen LogP contribution in [0, 0.1) is 6.92 Å². The van der Waals surface area contributed by atoms with Gasteiger partial charge in [-0.15, -0.1) is 0 Å². The predicted octanol–water partition coefficient (Wildman–Crippen LogP) is 2.09. The molecule has 7 nitrogen and oxygen atoms in total. The number of para-hydroxylation sites is 2. The Kier molecular flexibility index (Phi) is 6.43. The van der Waals surface area contributed by atoms with Crippen LogP contribution in [0.2, 0.25) is 0 Å². The third-order valence-electron chi connectivity index (χ3n) is 5.53. The van der Waals surface area contributed by atoms with Gasteiger partial charge in [-0.3, -0.25) is 14.5 Å². The minimum Gasteiger partial charge on any atom is -0.369 e. The van der Waals surface area contributed by atoms with E-state index in [2.05, 4.69) is 44.5 Å². The molecule has 0 unspecified atom stereocenters. The summed E-state index contributed by atoms with van der Waals surface area (Å²) >= 11 is 0. The highest BCUT2D eigenvalue weighted by Crippen LogP contribution is 2.15. The number of aromatic nitrogens is 2. The zero-order valence-corrected chi connectivity index (χ0v) is 17.7. The summed E-state index contributed by atoms with van der Waals surface area (Å²) in [6.45, 7) is 6.82. The van der Waals surface area contributed by atoms with Crippen LogP contribution in [0.25, 0.3) is 5.69 Å². The zero-order valence-electron chi connectivity index (χ0n) is 17.7. The molecule has 1 aliphatic heterocycles. The van der Waals surface area contributed by atoms with Gasteiger partial charge < -0.3 is 10.2 Å². The first-order valence-corrected chi connectivity index (χ1v) is 10.6. The fourth-order valence-electron chi connectivity index (χ4n) is 3.82. The second-order valence-corrected chi connectivity index (χ2v) is 7.67. The van der Waals surface area contributed by atoms with Gasteiger partial charge in [0.1, 0.15) is 0 Å². The molecule has 0 bridgehead atoms. The lowest BCUT2D eigenvalue weighted by molar-refractivity contribution is 0.0940. The normalized spacial score (nSPS) is 14.4. The van der Waals surface area contributed by atoms with Crippen LogP contribution in [0.5, 0.6) is 0 Å². The number of carbonyl (C=O) groups excluding carboxylic acids is 1. The van der Waals surface area contributed by atoms with E-state index in [1.165, 1.54) is 11.8 Å². The molecule has 1 fully saturated rings. The van der Waals surface area contributed by atoms with Gasteiger partial charge in [-0.2, -0.15) is 5.10 Å². The van der Waals surface area contributed by atoms with Crippen molar-refractivity contribution < 1.29 is 4.79 Å². The van der Waals surface area contributed by atoms with Gasteiger partial charge in [0.15, 0.2) is 5.69 Å². The number of rotatable bonds is 6. The fourth-order valence-corrected chi connectivity index (χ4v) is 3.82. The molecule has 1 aromatic heterocycles. The largest absolute Gasteiger partial charge is 0.369 e. The van der Waals surface area contributed by atoms with Crippen molar-refractivity contribution >= 4 is 11.6 Å². The molecule has 2 aromatic carbocycles. The van der Waals surface area contributed by atoms with Gasteiger partial charge in [-0.1, -0.05) is 36.4 Å². The quantitative estimate of drug-likeness (QED) is 0.665. The molecule has 0 spiro atoms. The molecular formula is C24H27N5O2. The highest BCUT2D eigenvalue weighted by molar-refractivity contribution is 5.92. The number of nitrogens with zero attached hydrogens (tertiary/aromatic N) is 4. The van der Waals surface area contributed by atoms with Crippen LogP contribution in [0.3, 0.4) is 0 Å². The average molecular weight is 418 g/mol. The molecule has 7 heteroatoms. The molecule has 1 N–H and O–H groups in total. The van der Waals surface area contributed by atoms with Crippen LogP contribution in [0.1, 0.15) is 16.2 Å². The predicted molar refractivity (Wildman–Crippen MR) is 122 cm³/mol. The van der Waals surface area contributed by atoms with Gasteiger partial charge in [0, 0.05) is 56.7 Å². The maximum Gasteiger partial charge on any atom is 0.275 e. The van der Waals surface area contributed by atoms with E-state index in [1.54, 1.807) is 11.6 Å². The molecule has 1 aliphatic rings. The standard InChI is InChI=1S/C24H27N5O2/c1-19-18-22(30)23(26-29(19)21-10-6-3-7-11-21)24(31)25-12-13-27-14-16-28(17-15-27)20-8-4-2-5-9-20/h2-11,18H,12-17H2,1H3,(H,25,31). The Labute approximate surface area is 181 Å². The van der Waals surface area contributed by atoms with Crippen LogP contribution >= 0.6 is 0 Å². The van der Waals surface area contributed by atoms with Gasteiger partial charge in [0.05, 0.1) is 5.69 Å². The number of carbonyl (C=O) groups is 1. The lowest BCUT2D eigenvalue weighted by Gasteiger charge is -2.36. The summed E-state index contributed by atoms with van der Waals surface area (Å²) in [7, 11) is 0. The van der Waals surface area contributed by atoms with Crippen LogP contribution in [-0.2, 0) is 0 Å². The van der Waals surface area contributed by atoms with Crippen molar-refractivity contribution in [2.75, 3.05) is 44.2 Å². The third kappa shape index (κ3) is 5.00.